The lowest BCUT2D eigenvalue weighted by Gasteiger charge is -2.32. The van der Waals surface area contributed by atoms with Crippen molar-refractivity contribution in [2.45, 2.75) is 50.5 Å². The number of amides is 1. The first-order chi connectivity index (χ1) is 14.3. The van der Waals surface area contributed by atoms with E-state index in [2.05, 4.69) is 5.32 Å². The summed E-state index contributed by atoms with van der Waals surface area (Å²) in [5.74, 6) is 0.512. The topological polar surface area (TPSA) is 75.7 Å². The molecule has 0 bridgehead atoms. The van der Waals surface area contributed by atoms with Crippen molar-refractivity contribution in [1.29, 1.82) is 0 Å². The van der Waals surface area contributed by atoms with E-state index in [1.54, 1.807) is 23.5 Å². The molecule has 3 rings (SSSR count). The van der Waals surface area contributed by atoms with Gasteiger partial charge in [0.25, 0.3) is 5.91 Å². The van der Waals surface area contributed by atoms with Gasteiger partial charge in [0.15, 0.2) is 0 Å². The van der Waals surface area contributed by atoms with Crippen molar-refractivity contribution in [2.75, 3.05) is 20.2 Å². The van der Waals surface area contributed by atoms with Gasteiger partial charge in [-0.15, -0.1) is 0 Å². The lowest BCUT2D eigenvalue weighted by molar-refractivity contribution is 0.0953. The molecule has 0 aromatic heterocycles. The van der Waals surface area contributed by atoms with Gasteiger partial charge in [-0.2, -0.15) is 4.31 Å². The van der Waals surface area contributed by atoms with Crippen LogP contribution in [0.3, 0.4) is 0 Å². The molecule has 1 aliphatic rings. The van der Waals surface area contributed by atoms with Crippen molar-refractivity contribution < 1.29 is 17.9 Å². The van der Waals surface area contributed by atoms with Crippen molar-refractivity contribution in [1.82, 2.24) is 9.62 Å². The molecule has 1 saturated heterocycles. The van der Waals surface area contributed by atoms with Crippen LogP contribution in [0.4, 0.5) is 0 Å². The van der Waals surface area contributed by atoms with E-state index in [-0.39, 0.29) is 16.8 Å². The molecule has 162 valence electrons. The lowest BCUT2D eigenvalue weighted by atomic mass is 10.1. The summed E-state index contributed by atoms with van der Waals surface area (Å²) >= 11 is 0. The zero-order chi connectivity index (χ0) is 21.7. The highest BCUT2D eigenvalue weighted by Gasteiger charge is 2.31. The maximum atomic E-state index is 13.1. The van der Waals surface area contributed by atoms with Crippen LogP contribution in [0, 0.1) is 6.92 Å². The number of hydrogen-bond acceptors (Lipinski definition) is 4. The summed E-state index contributed by atoms with van der Waals surface area (Å²) in [6, 6.07) is 12.5. The predicted molar refractivity (Wildman–Crippen MR) is 117 cm³/mol. The molecule has 0 aliphatic carbocycles. The van der Waals surface area contributed by atoms with E-state index in [0.29, 0.717) is 25.1 Å². The maximum Gasteiger partial charge on any atom is 0.251 e. The first-order valence-electron chi connectivity index (χ1n) is 10.4. The molecular formula is C23H30N2O4S. The Morgan fingerprint density at radius 2 is 1.97 bits per heavy atom. The number of piperidine rings is 1. The maximum absolute atomic E-state index is 13.1. The van der Waals surface area contributed by atoms with Crippen LogP contribution in [0.25, 0.3) is 0 Å². The molecular weight excluding hydrogens is 400 g/mol. The van der Waals surface area contributed by atoms with Crippen molar-refractivity contribution >= 4 is 15.9 Å². The predicted octanol–water partition coefficient (Wildman–Crippen LogP) is 3.54. The van der Waals surface area contributed by atoms with Gasteiger partial charge in [0.2, 0.25) is 10.0 Å². The van der Waals surface area contributed by atoms with Crippen molar-refractivity contribution in [2.24, 2.45) is 0 Å². The van der Waals surface area contributed by atoms with E-state index in [9.17, 15) is 13.2 Å². The molecule has 1 fully saturated rings. The minimum absolute atomic E-state index is 0.0248. The number of carbonyl (C=O) groups excluding carboxylic acids is 1. The normalized spacial score (nSPS) is 17.5. The van der Waals surface area contributed by atoms with Crippen molar-refractivity contribution in [3.8, 4) is 5.75 Å². The Kier molecular flexibility index (Phi) is 7.15. The summed E-state index contributed by atoms with van der Waals surface area (Å²) in [6.45, 7) is 4.71. The van der Waals surface area contributed by atoms with Gasteiger partial charge < -0.3 is 10.1 Å². The number of sulfonamides is 1. The third-order valence-corrected chi connectivity index (χ3v) is 7.68. The summed E-state index contributed by atoms with van der Waals surface area (Å²) < 4.78 is 33.2. The fourth-order valence-corrected chi connectivity index (χ4v) is 5.61. The number of rotatable bonds is 7. The number of benzene rings is 2. The second-order valence-electron chi connectivity index (χ2n) is 7.76. The van der Waals surface area contributed by atoms with E-state index in [1.807, 2.05) is 38.1 Å². The van der Waals surface area contributed by atoms with Crippen LogP contribution in [-0.2, 0) is 16.4 Å². The van der Waals surface area contributed by atoms with Gasteiger partial charge >= 0.3 is 0 Å². The highest BCUT2D eigenvalue weighted by molar-refractivity contribution is 7.89. The Bertz CT molecular complexity index is 1000. The summed E-state index contributed by atoms with van der Waals surface area (Å²) in [5.41, 5.74) is 2.14. The molecule has 7 heteroatoms. The highest BCUT2D eigenvalue weighted by Crippen LogP contribution is 2.26. The molecule has 6 nitrogen and oxygen atoms in total. The monoisotopic (exact) mass is 430 g/mol. The van der Waals surface area contributed by atoms with Crippen LogP contribution in [0.15, 0.2) is 47.4 Å². The Morgan fingerprint density at radius 3 is 2.70 bits per heavy atom. The molecule has 0 saturated carbocycles. The molecule has 1 atom stereocenters. The number of hydrogen-bond donors (Lipinski definition) is 1. The van der Waals surface area contributed by atoms with Crippen LogP contribution in [0.5, 0.6) is 5.75 Å². The van der Waals surface area contributed by atoms with E-state index in [1.165, 1.54) is 6.07 Å². The minimum atomic E-state index is -3.62. The molecule has 0 radical (unpaired) electrons. The van der Waals surface area contributed by atoms with Gasteiger partial charge in [-0.05, 0) is 62.4 Å². The summed E-state index contributed by atoms with van der Waals surface area (Å²) in [5, 5.41) is 2.90. The smallest absolute Gasteiger partial charge is 0.251 e. The number of aryl methyl sites for hydroxylation is 1. The van der Waals surface area contributed by atoms with E-state index >= 15 is 0 Å². The van der Waals surface area contributed by atoms with Gasteiger partial charge in [-0.3, -0.25) is 4.79 Å². The zero-order valence-corrected chi connectivity index (χ0v) is 18.7. The number of methoxy groups -OCH3 is 1. The Balaban J connectivity index is 1.73. The van der Waals surface area contributed by atoms with Crippen molar-refractivity contribution in [3.63, 3.8) is 0 Å². The average Bonchev–Trinajstić information content (AvgIpc) is 2.74. The van der Waals surface area contributed by atoms with Gasteiger partial charge in [0.05, 0.1) is 12.0 Å². The molecule has 30 heavy (non-hydrogen) atoms. The van der Waals surface area contributed by atoms with Gasteiger partial charge in [0, 0.05) is 24.7 Å². The fourth-order valence-electron chi connectivity index (χ4n) is 3.89. The average molecular weight is 431 g/mol. The molecule has 2 aromatic carbocycles. The molecule has 0 spiro atoms. The highest BCUT2D eigenvalue weighted by atomic mass is 32.2. The standard InChI is InChI=1S/C23H30N2O4S/c1-17-11-12-20(30(27,28)25-15-7-6-8-18(25)2)16-21(17)23(26)24-14-13-19-9-4-5-10-22(19)29-3/h4-5,9-12,16,18H,6-8,13-15H2,1-3H3,(H,24,26). The summed E-state index contributed by atoms with van der Waals surface area (Å²) in [4.78, 5) is 13.0. The number of nitrogens with one attached hydrogen (secondary N) is 1. The molecule has 1 aliphatic heterocycles. The zero-order valence-electron chi connectivity index (χ0n) is 17.8. The second kappa shape index (κ2) is 9.62. The van der Waals surface area contributed by atoms with Crippen LogP contribution in [-0.4, -0.2) is 44.9 Å². The van der Waals surface area contributed by atoms with E-state index in [4.69, 9.17) is 4.74 Å². The second-order valence-corrected chi connectivity index (χ2v) is 9.65. The Hall–Kier alpha value is -2.38. The molecule has 2 aromatic rings. The Labute approximate surface area is 179 Å². The quantitative estimate of drug-likeness (QED) is 0.729. The van der Waals surface area contributed by atoms with Crippen molar-refractivity contribution in [3.05, 3.63) is 59.2 Å². The van der Waals surface area contributed by atoms with Gasteiger partial charge in [-0.25, -0.2) is 8.42 Å². The molecule has 1 unspecified atom stereocenters. The summed E-state index contributed by atoms with van der Waals surface area (Å²) in [6.07, 6.45) is 3.39. The first-order valence-corrected chi connectivity index (χ1v) is 11.8. The minimum Gasteiger partial charge on any atom is -0.496 e. The van der Waals surface area contributed by atoms with Gasteiger partial charge in [-0.1, -0.05) is 30.7 Å². The van der Waals surface area contributed by atoms with Crippen LogP contribution < -0.4 is 10.1 Å². The lowest BCUT2D eigenvalue weighted by Crippen LogP contribution is -2.42. The fraction of sp³-hybridized carbons (Fsp3) is 0.435. The van der Waals surface area contributed by atoms with E-state index < -0.39 is 10.0 Å². The summed E-state index contributed by atoms with van der Waals surface area (Å²) in [7, 11) is -2.00. The number of ether oxygens (including phenoxy) is 1. The molecule has 1 N–H and O–H groups in total. The first kappa shape index (κ1) is 22.3. The van der Waals surface area contributed by atoms with Crippen LogP contribution in [0.2, 0.25) is 0 Å². The third kappa shape index (κ3) is 4.84. The largest absolute Gasteiger partial charge is 0.496 e. The number of nitrogens with zero attached hydrogens (tertiary/aromatic N) is 1. The van der Waals surface area contributed by atoms with Gasteiger partial charge in [0.1, 0.15) is 5.75 Å². The third-order valence-electron chi connectivity index (χ3n) is 5.67. The van der Waals surface area contributed by atoms with Crippen LogP contribution in [0.1, 0.15) is 47.7 Å². The van der Waals surface area contributed by atoms with E-state index in [0.717, 1.165) is 36.1 Å². The number of carbonyl (C=O) groups is 1. The SMILES string of the molecule is COc1ccccc1CCNC(=O)c1cc(S(=O)(=O)N2CCCCC2C)ccc1C. The molecule has 1 amide bonds. The Morgan fingerprint density at radius 1 is 1.20 bits per heavy atom. The van der Waals surface area contributed by atoms with Crippen LogP contribution >= 0.6 is 0 Å². The number of para-hydroxylation sites is 1. The molecule has 1 heterocycles.